The first kappa shape index (κ1) is 17.9. The summed E-state index contributed by atoms with van der Waals surface area (Å²) in [5.74, 6) is 0.761. The monoisotopic (exact) mass is 345 g/mol. The Labute approximate surface area is 149 Å². The van der Waals surface area contributed by atoms with E-state index in [1.807, 2.05) is 18.2 Å². The molecule has 2 fully saturated rings. The van der Waals surface area contributed by atoms with Crippen molar-refractivity contribution >= 4 is 11.8 Å². The van der Waals surface area contributed by atoms with Gasteiger partial charge in [-0.25, -0.2) is 0 Å². The van der Waals surface area contributed by atoms with E-state index in [-0.39, 0.29) is 22.8 Å². The van der Waals surface area contributed by atoms with E-state index in [0.717, 1.165) is 30.6 Å². The van der Waals surface area contributed by atoms with E-state index >= 15 is 0 Å². The fourth-order valence-corrected chi connectivity index (χ4v) is 4.34. The maximum Gasteiger partial charge on any atom is 0.229 e. The third-order valence-corrected chi connectivity index (χ3v) is 5.48. The number of carbonyl (C=O) groups excluding carboxylic acids is 2. The molecule has 0 aliphatic carbocycles. The molecule has 1 aromatic carbocycles. The van der Waals surface area contributed by atoms with Gasteiger partial charge in [0.25, 0.3) is 0 Å². The molecule has 2 amide bonds. The van der Waals surface area contributed by atoms with Crippen molar-refractivity contribution in [3.63, 3.8) is 0 Å². The first-order chi connectivity index (χ1) is 11.9. The number of likely N-dealkylation sites (tertiary alicyclic amines) is 1. The Morgan fingerprint density at radius 1 is 1.16 bits per heavy atom. The van der Waals surface area contributed by atoms with Crippen LogP contribution >= 0.6 is 0 Å². The molecule has 0 saturated carbocycles. The van der Waals surface area contributed by atoms with E-state index in [0.29, 0.717) is 26.0 Å². The van der Waals surface area contributed by atoms with Gasteiger partial charge < -0.3 is 9.47 Å². The summed E-state index contributed by atoms with van der Waals surface area (Å²) in [6.07, 6.45) is 3.10. The third-order valence-electron chi connectivity index (χ3n) is 5.48. The molecule has 0 radical (unpaired) electrons. The molecule has 136 valence electrons. The molecule has 0 bridgehead atoms. The van der Waals surface area contributed by atoms with E-state index in [1.54, 1.807) is 7.11 Å². The Kier molecular flexibility index (Phi) is 4.87. The van der Waals surface area contributed by atoms with E-state index in [9.17, 15) is 9.59 Å². The molecule has 0 aromatic heterocycles. The molecule has 0 spiro atoms. The second-order valence-electron chi connectivity index (χ2n) is 7.70. The van der Waals surface area contributed by atoms with Gasteiger partial charge in [-0.3, -0.25) is 14.5 Å². The van der Waals surface area contributed by atoms with Crippen LogP contribution in [0.25, 0.3) is 0 Å². The van der Waals surface area contributed by atoms with Crippen molar-refractivity contribution in [1.82, 2.24) is 4.90 Å². The highest BCUT2D eigenvalue weighted by atomic mass is 16.5. The van der Waals surface area contributed by atoms with Crippen LogP contribution < -0.4 is 4.74 Å². The summed E-state index contributed by atoms with van der Waals surface area (Å²) in [6, 6.07) is 8.07. The lowest BCUT2D eigenvalue weighted by molar-refractivity contribution is -0.139. The van der Waals surface area contributed by atoms with Gasteiger partial charge in [-0.15, -0.1) is 0 Å². The van der Waals surface area contributed by atoms with Gasteiger partial charge >= 0.3 is 0 Å². The predicted molar refractivity (Wildman–Crippen MR) is 94.5 cm³/mol. The van der Waals surface area contributed by atoms with Crippen LogP contribution in [-0.4, -0.2) is 42.6 Å². The molecule has 5 heteroatoms. The minimum absolute atomic E-state index is 0.0495. The van der Waals surface area contributed by atoms with E-state index in [1.165, 1.54) is 4.90 Å². The number of amides is 2. The van der Waals surface area contributed by atoms with Gasteiger partial charge in [0.2, 0.25) is 11.8 Å². The van der Waals surface area contributed by atoms with Crippen molar-refractivity contribution in [3.8, 4) is 5.75 Å². The second kappa shape index (κ2) is 6.79. The van der Waals surface area contributed by atoms with Crippen molar-refractivity contribution in [2.24, 2.45) is 0 Å². The molecule has 0 unspecified atom stereocenters. The Morgan fingerprint density at radius 2 is 1.84 bits per heavy atom. The minimum Gasteiger partial charge on any atom is -0.496 e. The largest absolute Gasteiger partial charge is 0.496 e. The fourth-order valence-electron chi connectivity index (χ4n) is 4.34. The van der Waals surface area contributed by atoms with Crippen LogP contribution in [0.3, 0.4) is 0 Å². The lowest BCUT2D eigenvalue weighted by Gasteiger charge is -2.46. The highest BCUT2D eigenvalue weighted by Gasteiger charge is 2.44. The minimum atomic E-state index is -0.252. The summed E-state index contributed by atoms with van der Waals surface area (Å²) >= 11 is 0. The van der Waals surface area contributed by atoms with Gasteiger partial charge in [0.1, 0.15) is 5.75 Å². The normalized spacial score (nSPS) is 26.1. The average Bonchev–Trinajstić information content (AvgIpc) is 2.90. The molecule has 3 rings (SSSR count). The SMILES string of the molecule is COc1ccccc1[C@]1(CCN2C(=O)CCC2=O)CCOC(C)(C)C1. The van der Waals surface area contributed by atoms with Crippen LogP contribution in [0.15, 0.2) is 24.3 Å². The molecule has 1 atom stereocenters. The van der Waals surface area contributed by atoms with Gasteiger partial charge in [0, 0.05) is 37.0 Å². The zero-order valence-electron chi connectivity index (χ0n) is 15.3. The van der Waals surface area contributed by atoms with E-state index in [4.69, 9.17) is 9.47 Å². The summed E-state index contributed by atoms with van der Waals surface area (Å²) in [4.78, 5) is 25.4. The summed E-state index contributed by atoms with van der Waals surface area (Å²) in [7, 11) is 1.69. The maximum atomic E-state index is 12.0. The summed E-state index contributed by atoms with van der Waals surface area (Å²) < 4.78 is 11.6. The van der Waals surface area contributed by atoms with Crippen molar-refractivity contribution in [3.05, 3.63) is 29.8 Å². The van der Waals surface area contributed by atoms with Crippen LogP contribution in [0, 0.1) is 0 Å². The van der Waals surface area contributed by atoms with Crippen LogP contribution in [-0.2, 0) is 19.7 Å². The van der Waals surface area contributed by atoms with Gasteiger partial charge in [-0.2, -0.15) is 0 Å². The first-order valence-corrected chi connectivity index (χ1v) is 8.98. The highest BCUT2D eigenvalue weighted by molar-refractivity contribution is 6.01. The summed E-state index contributed by atoms with van der Waals surface area (Å²) in [5, 5.41) is 0. The summed E-state index contributed by atoms with van der Waals surface area (Å²) in [6.45, 7) is 5.32. The third kappa shape index (κ3) is 3.56. The molecular weight excluding hydrogens is 318 g/mol. The molecule has 2 saturated heterocycles. The number of carbonyl (C=O) groups is 2. The number of benzene rings is 1. The van der Waals surface area contributed by atoms with Crippen molar-refractivity contribution in [2.45, 2.75) is 57.0 Å². The number of ether oxygens (including phenoxy) is 2. The number of hydrogen-bond acceptors (Lipinski definition) is 4. The lowest BCUT2D eigenvalue weighted by atomic mass is 9.67. The smallest absolute Gasteiger partial charge is 0.229 e. The van der Waals surface area contributed by atoms with Gasteiger partial charge in [0.05, 0.1) is 12.7 Å². The number of hydrogen-bond donors (Lipinski definition) is 0. The highest BCUT2D eigenvalue weighted by Crippen LogP contribution is 2.47. The molecule has 25 heavy (non-hydrogen) atoms. The average molecular weight is 345 g/mol. The molecule has 2 aliphatic heterocycles. The van der Waals surface area contributed by atoms with Crippen LogP contribution in [0.4, 0.5) is 0 Å². The standard InChI is InChI=1S/C20H27NO4/c1-19(2)14-20(11-13-25-19,15-6-4-5-7-16(15)24-3)10-12-21-17(22)8-9-18(21)23/h4-7H,8-14H2,1-3H3/t20-/m1/s1. The van der Waals surface area contributed by atoms with Crippen LogP contribution in [0.5, 0.6) is 5.75 Å². The Morgan fingerprint density at radius 3 is 2.48 bits per heavy atom. The van der Waals surface area contributed by atoms with Gasteiger partial charge in [0.15, 0.2) is 0 Å². The number of methoxy groups -OCH3 is 1. The Hall–Kier alpha value is -1.88. The molecule has 5 nitrogen and oxygen atoms in total. The van der Waals surface area contributed by atoms with Crippen molar-refractivity contribution < 1.29 is 19.1 Å². The van der Waals surface area contributed by atoms with Crippen molar-refractivity contribution in [1.29, 1.82) is 0 Å². The lowest BCUT2D eigenvalue weighted by Crippen LogP contribution is -2.46. The predicted octanol–water partition coefficient (Wildman–Crippen LogP) is 3.06. The number of rotatable bonds is 5. The molecule has 1 aromatic rings. The molecule has 2 heterocycles. The maximum absolute atomic E-state index is 12.0. The molecule has 0 N–H and O–H groups in total. The van der Waals surface area contributed by atoms with Gasteiger partial charge in [-0.1, -0.05) is 18.2 Å². The quantitative estimate of drug-likeness (QED) is 0.770. The zero-order valence-corrected chi connectivity index (χ0v) is 15.3. The fraction of sp³-hybridized carbons (Fsp3) is 0.600. The van der Waals surface area contributed by atoms with Crippen molar-refractivity contribution in [2.75, 3.05) is 20.3 Å². The zero-order chi connectivity index (χ0) is 18.1. The molecular formula is C20H27NO4. The Balaban J connectivity index is 1.92. The number of nitrogens with zero attached hydrogens (tertiary/aromatic N) is 1. The second-order valence-corrected chi connectivity index (χ2v) is 7.70. The summed E-state index contributed by atoms with van der Waals surface area (Å²) in [5.41, 5.74) is 0.725. The molecule has 2 aliphatic rings. The van der Waals surface area contributed by atoms with E-state index < -0.39 is 0 Å². The van der Waals surface area contributed by atoms with Crippen LogP contribution in [0.1, 0.15) is 51.5 Å². The van der Waals surface area contributed by atoms with Crippen LogP contribution in [0.2, 0.25) is 0 Å². The first-order valence-electron chi connectivity index (χ1n) is 8.98. The van der Waals surface area contributed by atoms with E-state index in [2.05, 4.69) is 19.9 Å². The Bertz CT molecular complexity index is 653. The topological polar surface area (TPSA) is 55.8 Å². The number of imide groups is 1. The number of para-hydroxylation sites is 1. The van der Waals surface area contributed by atoms with Gasteiger partial charge in [-0.05, 0) is 39.2 Å².